The second-order valence-corrected chi connectivity index (χ2v) is 6.62. The lowest BCUT2D eigenvalue weighted by molar-refractivity contribution is -0.148. The molecule has 1 aromatic carbocycles. The molecule has 20 heavy (non-hydrogen) atoms. The minimum Gasteiger partial charge on any atom is -0.492 e. The summed E-state index contributed by atoms with van der Waals surface area (Å²) in [6.07, 6.45) is 0.121. The van der Waals surface area contributed by atoms with E-state index in [2.05, 4.69) is 0 Å². The molecule has 1 aromatic rings. The summed E-state index contributed by atoms with van der Waals surface area (Å²) in [6, 6.07) is 5.77. The molecule has 2 bridgehead atoms. The Balaban J connectivity index is 1.99. The molecule has 2 aliphatic rings. The van der Waals surface area contributed by atoms with E-state index in [1.165, 1.54) is 10.4 Å². The average Bonchev–Trinajstić information content (AvgIpc) is 2.99. The van der Waals surface area contributed by atoms with Gasteiger partial charge in [0.1, 0.15) is 22.8 Å². The zero-order valence-corrected chi connectivity index (χ0v) is 11.8. The number of sulfonamides is 1. The first-order chi connectivity index (χ1) is 9.54. The first kappa shape index (κ1) is 13.4. The molecule has 2 atom stereocenters. The first-order valence-electron chi connectivity index (χ1n) is 6.48. The molecule has 0 radical (unpaired) electrons. The smallest absolute Gasteiger partial charge is 0.324 e. The van der Waals surface area contributed by atoms with Crippen molar-refractivity contribution >= 4 is 16.0 Å². The third kappa shape index (κ3) is 1.97. The van der Waals surface area contributed by atoms with Crippen LogP contribution < -0.4 is 4.74 Å². The van der Waals surface area contributed by atoms with Crippen LogP contribution >= 0.6 is 0 Å². The number of hydrogen-bond donors (Lipinski definition) is 0. The van der Waals surface area contributed by atoms with Gasteiger partial charge in [-0.1, -0.05) is 12.1 Å². The quantitative estimate of drug-likeness (QED) is 0.768. The maximum Gasteiger partial charge on any atom is 0.324 e. The molecule has 6 nitrogen and oxygen atoms in total. The van der Waals surface area contributed by atoms with Gasteiger partial charge in [-0.25, -0.2) is 8.42 Å². The van der Waals surface area contributed by atoms with Crippen LogP contribution in [-0.4, -0.2) is 44.0 Å². The second kappa shape index (κ2) is 4.75. The average molecular weight is 297 g/mol. The highest BCUT2D eigenvalue weighted by Gasteiger charge is 2.52. The summed E-state index contributed by atoms with van der Waals surface area (Å²) in [6.45, 7) is 2.39. The number of para-hydroxylation sites is 1. The fourth-order valence-corrected chi connectivity index (χ4v) is 4.40. The van der Waals surface area contributed by atoms with Crippen LogP contribution in [0.1, 0.15) is 13.3 Å². The van der Waals surface area contributed by atoms with Gasteiger partial charge in [0.05, 0.1) is 13.2 Å². The molecule has 2 fully saturated rings. The largest absolute Gasteiger partial charge is 0.492 e. The number of benzene rings is 1. The standard InChI is InChI=1S/C13H15NO5S/c1-2-18-11-5-3-4-6-12(11)20(16,17)14-8-9-7-10(14)13(15)19-9/h3-6,9-10H,2,7-8H2,1H3/t9-,10+/m1/s1. The fourth-order valence-electron chi connectivity index (χ4n) is 2.64. The van der Waals surface area contributed by atoms with Crippen molar-refractivity contribution < 1.29 is 22.7 Å². The molecule has 3 rings (SSSR count). The summed E-state index contributed by atoms with van der Waals surface area (Å²) in [4.78, 5) is 11.7. The maximum atomic E-state index is 12.7. The van der Waals surface area contributed by atoms with Crippen LogP contribution in [0.5, 0.6) is 5.75 Å². The van der Waals surface area contributed by atoms with Gasteiger partial charge in [0.15, 0.2) is 0 Å². The summed E-state index contributed by atoms with van der Waals surface area (Å²) in [7, 11) is -3.75. The summed E-state index contributed by atoms with van der Waals surface area (Å²) >= 11 is 0. The lowest BCUT2D eigenvalue weighted by Gasteiger charge is -2.25. The SMILES string of the molecule is CCOc1ccccc1S(=O)(=O)N1C[C@H]2C[C@H]1C(=O)O2. The predicted molar refractivity (Wildman–Crippen MR) is 69.8 cm³/mol. The van der Waals surface area contributed by atoms with E-state index >= 15 is 0 Å². The molecule has 0 amide bonds. The second-order valence-electron chi connectivity index (χ2n) is 4.76. The molecule has 108 valence electrons. The number of hydrogen-bond acceptors (Lipinski definition) is 5. The summed E-state index contributed by atoms with van der Waals surface area (Å²) in [5.41, 5.74) is 0. The maximum absolute atomic E-state index is 12.7. The van der Waals surface area contributed by atoms with Crippen LogP contribution in [0.2, 0.25) is 0 Å². The van der Waals surface area contributed by atoms with Crippen molar-refractivity contribution in [3.63, 3.8) is 0 Å². The third-order valence-electron chi connectivity index (χ3n) is 3.51. The number of carbonyl (C=O) groups excluding carboxylic acids is 1. The van der Waals surface area contributed by atoms with Crippen LogP contribution in [0.3, 0.4) is 0 Å². The Hall–Kier alpha value is -1.60. The van der Waals surface area contributed by atoms with Gasteiger partial charge in [-0.2, -0.15) is 4.31 Å². The third-order valence-corrected chi connectivity index (χ3v) is 5.42. The highest BCUT2D eigenvalue weighted by atomic mass is 32.2. The van der Waals surface area contributed by atoms with Crippen molar-refractivity contribution in [1.29, 1.82) is 0 Å². The van der Waals surface area contributed by atoms with Gasteiger partial charge in [-0.05, 0) is 19.1 Å². The molecule has 2 aliphatic heterocycles. The summed E-state index contributed by atoms with van der Waals surface area (Å²) in [5.74, 6) is -0.148. The Morgan fingerprint density at radius 3 is 2.80 bits per heavy atom. The lowest BCUT2D eigenvalue weighted by atomic mass is 10.2. The number of esters is 1. The molecule has 0 saturated carbocycles. The van der Waals surface area contributed by atoms with E-state index in [-0.39, 0.29) is 17.5 Å². The van der Waals surface area contributed by atoms with Gasteiger partial charge in [0, 0.05) is 6.42 Å². The van der Waals surface area contributed by atoms with Crippen LogP contribution in [0, 0.1) is 0 Å². The summed E-state index contributed by atoms with van der Waals surface area (Å²) < 4.78 is 37.0. The van der Waals surface area contributed by atoms with Crippen molar-refractivity contribution in [2.75, 3.05) is 13.2 Å². The van der Waals surface area contributed by atoms with E-state index in [0.717, 1.165) is 0 Å². The highest BCUT2D eigenvalue weighted by molar-refractivity contribution is 7.89. The van der Waals surface area contributed by atoms with Crippen molar-refractivity contribution in [2.45, 2.75) is 30.4 Å². The minimum atomic E-state index is -3.75. The number of ether oxygens (including phenoxy) is 2. The molecule has 2 heterocycles. The lowest BCUT2D eigenvalue weighted by Crippen LogP contribution is -2.44. The zero-order valence-electron chi connectivity index (χ0n) is 11.0. The predicted octanol–water partition coefficient (Wildman–Crippen LogP) is 0.774. The Morgan fingerprint density at radius 2 is 2.15 bits per heavy atom. The molecular weight excluding hydrogens is 282 g/mol. The van der Waals surface area contributed by atoms with Gasteiger partial charge in [-0.15, -0.1) is 0 Å². The topological polar surface area (TPSA) is 72.9 Å². The van der Waals surface area contributed by atoms with Gasteiger partial charge in [-0.3, -0.25) is 4.79 Å². The summed E-state index contributed by atoms with van der Waals surface area (Å²) in [5, 5.41) is 0. The Labute approximate surface area is 117 Å². The number of rotatable bonds is 4. The van der Waals surface area contributed by atoms with Gasteiger partial charge in [0.25, 0.3) is 0 Å². The number of nitrogens with zero attached hydrogens (tertiary/aromatic N) is 1. The Morgan fingerprint density at radius 1 is 1.40 bits per heavy atom. The van der Waals surface area contributed by atoms with Crippen molar-refractivity contribution in [1.82, 2.24) is 4.31 Å². The fraction of sp³-hybridized carbons (Fsp3) is 0.462. The number of morpholine rings is 1. The van der Waals surface area contributed by atoms with Crippen molar-refractivity contribution in [3.05, 3.63) is 24.3 Å². The monoisotopic (exact) mass is 297 g/mol. The highest BCUT2D eigenvalue weighted by Crippen LogP contribution is 2.36. The molecule has 0 unspecified atom stereocenters. The van der Waals surface area contributed by atoms with E-state index in [1.807, 2.05) is 0 Å². The van der Waals surface area contributed by atoms with Crippen LogP contribution in [0.15, 0.2) is 29.2 Å². The molecule has 0 aliphatic carbocycles. The molecule has 0 aromatic heterocycles. The van der Waals surface area contributed by atoms with E-state index in [0.29, 0.717) is 18.8 Å². The van der Waals surface area contributed by atoms with Crippen LogP contribution in [-0.2, 0) is 19.6 Å². The molecule has 2 saturated heterocycles. The molecular formula is C13H15NO5S. The number of carbonyl (C=O) groups is 1. The minimum absolute atomic E-state index is 0.0993. The van der Waals surface area contributed by atoms with Crippen molar-refractivity contribution in [2.24, 2.45) is 0 Å². The van der Waals surface area contributed by atoms with Crippen LogP contribution in [0.25, 0.3) is 0 Å². The zero-order chi connectivity index (χ0) is 14.3. The first-order valence-corrected chi connectivity index (χ1v) is 7.92. The normalized spacial score (nSPS) is 25.8. The Kier molecular flexibility index (Phi) is 3.18. The van der Waals surface area contributed by atoms with Crippen LogP contribution in [0.4, 0.5) is 0 Å². The number of fused-ring (bicyclic) bond motifs is 2. The molecule has 0 spiro atoms. The van der Waals surface area contributed by atoms with E-state index in [4.69, 9.17) is 9.47 Å². The van der Waals surface area contributed by atoms with Crippen molar-refractivity contribution in [3.8, 4) is 5.75 Å². The van der Waals surface area contributed by atoms with E-state index in [1.54, 1.807) is 25.1 Å². The van der Waals surface area contributed by atoms with E-state index in [9.17, 15) is 13.2 Å². The van der Waals surface area contributed by atoms with Gasteiger partial charge >= 0.3 is 5.97 Å². The molecule has 0 N–H and O–H groups in total. The van der Waals surface area contributed by atoms with E-state index < -0.39 is 22.0 Å². The molecule has 7 heteroatoms. The Bertz CT molecular complexity index is 642. The van der Waals surface area contributed by atoms with Gasteiger partial charge in [0.2, 0.25) is 10.0 Å². The van der Waals surface area contributed by atoms with Gasteiger partial charge < -0.3 is 9.47 Å².